The second-order valence-electron chi connectivity index (χ2n) is 19.0. The first-order chi connectivity index (χ1) is 42.1. The van der Waals surface area contributed by atoms with Crippen molar-refractivity contribution in [2.24, 2.45) is 0 Å². The molecule has 73 heavy (non-hydrogen) atoms. The third kappa shape index (κ3) is 8.89. The average molecular weight is 1140 g/mol. The van der Waals surface area contributed by atoms with Crippen molar-refractivity contribution in [1.82, 2.24) is 9.55 Å². The monoisotopic (exact) mass is 1140 g/mol. The van der Waals surface area contributed by atoms with Gasteiger partial charge in [0.2, 0.25) is 0 Å². The Morgan fingerprint density at radius 2 is 1.18 bits per heavy atom. The molecule has 360 valence electrons. The Kier molecular flexibility index (Phi) is 8.38. The van der Waals surface area contributed by atoms with Crippen LogP contribution in [0.2, 0.25) is 0 Å². The van der Waals surface area contributed by atoms with Crippen molar-refractivity contribution in [3.8, 4) is 50.3 Å². The fraction of sp³-hybridized carbons (Fsp3) is 0.118. The maximum Gasteiger partial charge on any atom is 0.135 e. The van der Waals surface area contributed by atoms with E-state index in [0.717, 1.165) is 72.1 Å². The van der Waals surface area contributed by atoms with Crippen LogP contribution in [0.4, 0.5) is 22.7 Å². The van der Waals surface area contributed by atoms with Gasteiger partial charge in [-0.25, -0.2) is 4.98 Å². The van der Waals surface area contributed by atoms with Gasteiger partial charge >= 0.3 is 0 Å². The minimum absolute atomic E-state index is 0. The molecule has 5 heteroatoms. The molecule has 0 saturated carbocycles. The summed E-state index contributed by atoms with van der Waals surface area (Å²) in [6.45, 7) is 14.2. The van der Waals surface area contributed by atoms with Crippen LogP contribution in [0.25, 0.3) is 72.1 Å². The van der Waals surface area contributed by atoms with Crippen LogP contribution in [-0.4, -0.2) is 9.55 Å². The molecule has 0 N–H and O–H groups in total. The fourth-order valence-corrected chi connectivity index (χ4v) is 9.96. The molecular formula is C68H55N4Pt-3. The normalized spacial score (nSPS) is 15.6. The number of nitrogens with zero attached hydrogens (tertiary/aromatic N) is 4. The number of pyridine rings is 1. The van der Waals surface area contributed by atoms with Crippen LogP contribution in [0.3, 0.4) is 0 Å². The van der Waals surface area contributed by atoms with Gasteiger partial charge in [-0.15, -0.1) is 29.4 Å². The number of aromatic nitrogens is 2. The molecule has 0 saturated heterocycles. The zero-order valence-corrected chi connectivity index (χ0v) is 43.0. The Balaban J connectivity index is 0.00000833. The number of para-hydroxylation sites is 3. The number of hydrogen-bond donors (Lipinski definition) is 0. The Hall–Kier alpha value is -7.78. The van der Waals surface area contributed by atoms with Crippen molar-refractivity contribution in [2.45, 2.75) is 53.4 Å². The molecule has 0 amide bonds. The average Bonchev–Trinajstić information content (AvgIpc) is 1.06. The topological polar surface area (TPSA) is 24.3 Å². The second kappa shape index (κ2) is 19.3. The Morgan fingerprint density at radius 3 is 1.82 bits per heavy atom. The van der Waals surface area contributed by atoms with Crippen LogP contribution in [0, 0.1) is 39.6 Å². The number of rotatable bonds is 9. The van der Waals surface area contributed by atoms with E-state index in [0.29, 0.717) is 23.5 Å². The van der Waals surface area contributed by atoms with Crippen molar-refractivity contribution in [3.05, 3.63) is 258 Å². The molecule has 3 heterocycles. The third-order valence-corrected chi connectivity index (χ3v) is 13.1. The standard InChI is InChI=1S/C68H55N4.Pt/c1-45-34-46(2)66(47(3)35-45)54-37-49(36-48-30-31-58-57-26-16-17-27-61(57)72(64(58)39-48)65-43-55(32-33-69-65)68(4,5)6)38-56(40-54)70-44-71(63-29-19-18-28-62(63)70)67-59(51-22-12-8-13-23-51)41-53(50-20-10-7-11-21-50)42-60(67)52-24-14-9-15-25-52;/h7-35,37,40-44H,36H2,1-6H3;/q-3;/i7D,8D,9D,10D,11D,12D,13D,14D,15D,20D,21D,22D,23D,24D,25D,41D,42D;. The summed E-state index contributed by atoms with van der Waals surface area (Å²) < 4.78 is 158. The van der Waals surface area contributed by atoms with E-state index in [4.69, 9.17) is 20.1 Å². The predicted octanol–water partition coefficient (Wildman–Crippen LogP) is 17.7. The van der Waals surface area contributed by atoms with Gasteiger partial charge < -0.3 is 14.4 Å². The summed E-state index contributed by atoms with van der Waals surface area (Å²) >= 11 is 0. The molecule has 12 rings (SSSR count). The van der Waals surface area contributed by atoms with Crippen LogP contribution >= 0.6 is 0 Å². The Bertz CT molecular complexity index is 4670. The van der Waals surface area contributed by atoms with Crippen molar-refractivity contribution < 1.29 is 44.4 Å². The van der Waals surface area contributed by atoms with Crippen molar-refractivity contribution in [3.63, 3.8) is 0 Å². The third-order valence-electron chi connectivity index (χ3n) is 13.1. The number of hydrogen-bond acceptors (Lipinski definition) is 3. The van der Waals surface area contributed by atoms with Gasteiger partial charge in [0.25, 0.3) is 0 Å². The zero-order chi connectivity index (χ0) is 63.9. The Morgan fingerprint density at radius 1 is 0.575 bits per heavy atom. The van der Waals surface area contributed by atoms with Crippen LogP contribution in [-0.2, 0) is 32.9 Å². The zero-order valence-electron chi connectivity index (χ0n) is 57.7. The molecule has 1 aliphatic rings. The van der Waals surface area contributed by atoms with Crippen LogP contribution in [0.5, 0.6) is 0 Å². The van der Waals surface area contributed by atoms with E-state index in [1.54, 1.807) is 35.8 Å². The molecule has 4 nitrogen and oxygen atoms in total. The summed E-state index contributed by atoms with van der Waals surface area (Å²) in [6, 6.07) is 25.1. The van der Waals surface area contributed by atoms with E-state index in [1.165, 1.54) is 4.90 Å². The molecule has 0 radical (unpaired) electrons. The minimum atomic E-state index is -0.859. The van der Waals surface area contributed by atoms with Gasteiger partial charge in [-0.05, 0) is 125 Å². The summed E-state index contributed by atoms with van der Waals surface area (Å²) in [6.07, 6.45) is 2.15. The molecule has 0 bridgehead atoms. The molecule has 0 aliphatic carbocycles. The van der Waals surface area contributed by atoms with Crippen LogP contribution in [0.15, 0.2) is 206 Å². The predicted molar refractivity (Wildman–Crippen MR) is 302 cm³/mol. The van der Waals surface area contributed by atoms with Crippen molar-refractivity contribution in [1.29, 1.82) is 0 Å². The second-order valence-corrected chi connectivity index (χ2v) is 19.0. The smallest absolute Gasteiger partial charge is 0.135 e. The maximum absolute atomic E-state index is 10.3. The summed E-state index contributed by atoms with van der Waals surface area (Å²) in [4.78, 5) is 8.14. The molecule has 2 aromatic heterocycles. The van der Waals surface area contributed by atoms with Gasteiger partial charge in [0.1, 0.15) is 5.82 Å². The van der Waals surface area contributed by atoms with E-state index in [2.05, 4.69) is 79.9 Å². The van der Waals surface area contributed by atoms with E-state index in [-0.39, 0.29) is 32.2 Å². The van der Waals surface area contributed by atoms with Crippen LogP contribution < -0.4 is 9.80 Å². The molecule has 0 spiro atoms. The first-order valence-electron chi connectivity index (χ1n) is 32.1. The fourth-order valence-electron chi connectivity index (χ4n) is 9.96. The SMILES string of the molecule is [2H]c1c([2H])c([2H])c(-c2c([2H])c(-c3c([2H])c([2H])c([2H])c([2H])c3[2H])c(N3[CH-]N(c4[c-]c(Cc5[c-]c6c(cc5)c5ccccc5n6-c5cc(C(C)(C)C)ccn5)cc(-c5c(C)cc(C)cc5C)c4)c4ccccc43)c(-c3c([2H])c([2H])c([2H])c([2H])c3[2H])c2[2H])c([2H])c1[2H].[Pt]. The van der Waals surface area contributed by atoms with Gasteiger partial charge in [0, 0.05) is 61.0 Å². The van der Waals surface area contributed by atoms with E-state index >= 15 is 0 Å². The van der Waals surface area contributed by atoms with Crippen molar-refractivity contribution in [2.75, 3.05) is 9.80 Å². The maximum atomic E-state index is 10.3. The minimum Gasteiger partial charge on any atom is -0.493 e. The summed E-state index contributed by atoms with van der Waals surface area (Å²) in [7, 11) is 0. The summed E-state index contributed by atoms with van der Waals surface area (Å²) in [5.74, 6) is 0.745. The van der Waals surface area contributed by atoms with Gasteiger partial charge in [0.05, 0.1) is 23.3 Å². The van der Waals surface area contributed by atoms with Gasteiger partial charge in [-0.3, -0.25) is 0 Å². The Labute approximate surface area is 468 Å². The summed E-state index contributed by atoms with van der Waals surface area (Å²) in [5.41, 5.74) is 6.31. The number of fused-ring (bicyclic) bond motifs is 4. The quantitative estimate of drug-likeness (QED) is 0.135. The van der Waals surface area contributed by atoms with E-state index in [9.17, 15) is 8.22 Å². The molecule has 0 atom stereocenters. The molecule has 9 aromatic carbocycles. The number of benzene rings is 9. The van der Waals surface area contributed by atoms with Gasteiger partial charge in [0.15, 0.2) is 0 Å². The molecule has 1 aliphatic heterocycles. The van der Waals surface area contributed by atoms with E-state index < -0.39 is 136 Å². The van der Waals surface area contributed by atoms with Crippen molar-refractivity contribution >= 4 is 44.6 Å². The first-order valence-corrected chi connectivity index (χ1v) is 23.6. The summed E-state index contributed by atoms with van der Waals surface area (Å²) in [5, 5.41) is 2.02. The largest absolute Gasteiger partial charge is 0.493 e. The van der Waals surface area contributed by atoms with Crippen LogP contribution in [0.1, 0.15) is 77.5 Å². The van der Waals surface area contributed by atoms with E-state index in [1.807, 2.05) is 57.3 Å². The molecule has 0 fully saturated rings. The molecule has 0 unspecified atom stereocenters. The number of aryl methyl sites for hydroxylation is 3. The van der Waals surface area contributed by atoms with Gasteiger partial charge in [-0.1, -0.05) is 165 Å². The molecule has 11 aromatic rings. The number of anilines is 4. The molecular weight excluding hydrogens is 1070 g/mol. The van der Waals surface area contributed by atoms with Gasteiger partial charge in [-0.2, -0.15) is 41.5 Å². The first kappa shape index (κ1) is 31.6.